The second-order valence-corrected chi connectivity index (χ2v) is 5.92. The standard InChI is InChI=1S/C17H24N2O3/c20-17(19-10-4-5-11-19)18-15-8-1-2-9-16(15)22-13-14-7-3-6-12-21-14/h1-2,8-9,14H,3-7,10-13H2,(H,18,20). The quantitative estimate of drug-likeness (QED) is 0.929. The molecule has 1 N–H and O–H groups in total. The van der Waals surface area contributed by atoms with Crippen LogP contribution in [0.4, 0.5) is 10.5 Å². The highest BCUT2D eigenvalue weighted by Crippen LogP contribution is 2.25. The van der Waals surface area contributed by atoms with Gasteiger partial charge in [0.15, 0.2) is 0 Å². The monoisotopic (exact) mass is 304 g/mol. The number of hydrogen-bond acceptors (Lipinski definition) is 3. The summed E-state index contributed by atoms with van der Waals surface area (Å²) in [7, 11) is 0. The first-order valence-electron chi connectivity index (χ1n) is 8.22. The molecule has 2 saturated heterocycles. The minimum absolute atomic E-state index is 0.0394. The molecule has 2 fully saturated rings. The van der Waals surface area contributed by atoms with Gasteiger partial charge in [0.05, 0.1) is 11.8 Å². The normalized spacial score (nSPS) is 21.6. The molecule has 2 amide bonds. The summed E-state index contributed by atoms with van der Waals surface area (Å²) in [5.74, 6) is 0.712. The van der Waals surface area contributed by atoms with E-state index in [-0.39, 0.29) is 12.1 Å². The van der Waals surface area contributed by atoms with Gasteiger partial charge in [-0.3, -0.25) is 0 Å². The van der Waals surface area contributed by atoms with Crippen molar-refractivity contribution in [1.29, 1.82) is 0 Å². The van der Waals surface area contributed by atoms with Crippen molar-refractivity contribution < 1.29 is 14.3 Å². The highest BCUT2D eigenvalue weighted by molar-refractivity contribution is 5.91. The van der Waals surface area contributed by atoms with Gasteiger partial charge in [-0.15, -0.1) is 0 Å². The van der Waals surface area contributed by atoms with Gasteiger partial charge < -0.3 is 19.7 Å². The Balaban J connectivity index is 1.58. The molecular weight excluding hydrogens is 280 g/mol. The van der Waals surface area contributed by atoms with Crippen molar-refractivity contribution in [3.05, 3.63) is 24.3 Å². The molecule has 1 atom stereocenters. The van der Waals surface area contributed by atoms with E-state index in [9.17, 15) is 4.79 Å². The van der Waals surface area contributed by atoms with Crippen molar-refractivity contribution in [3.63, 3.8) is 0 Å². The number of hydrogen-bond donors (Lipinski definition) is 1. The first-order chi connectivity index (χ1) is 10.8. The van der Waals surface area contributed by atoms with Crippen LogP contribution in [-0.4, -0.2) is 43.3 Å². The average molecular weight is 304 g/mol. The Morgan fingerprint density at radius 3 is 2.82 bits per heavy atom. The minimum atomic E-state index is -0.0394. The molecule has 0 aliphatic carbocycles. The Labute approximate surface area is 131 Å². The molecule has 1 unspecified atom stereocenters. The predicted molar refractivity (Wildman–Crippen MR) is 85.4 cm³/mol. The predicted octanol–water partition coefficient (Wildman–Crippen LogP) is 3.26. The van der Waals surface area contributed by atoms with Crippen LogP contribution in [0.1, 0.15) is 32.1 Å². The second-order valence-electron chi connectivity index (χ2n) is 5.92. The summed E-state index contributed by atoms with van der Waals surface area (Å²) in [6.45, 7) is 3.04. The number of rotatable bonds is 4. The van der Waals surface area contributed by atoms with Crippen LogP contribution in [0.2, 0.25) is 0 Å². The average Bonchev–Trinajstić information content (AvgIpc) is 3.10. The molecule has 3 rings (SSSR count). The number of benzene rings is 1. The van der Waals surface area contributed by atoms with Gasteiger partial charge in [0, 0.05) is 19.7 Å². The minimum Gasteiger partial charge on any atom is -0.489 e. The molecule has 120 valence electrons. The lowest BCUT2D eigenvalue weighted by Gasteiger charge is -2.23. The Kier molecular flexibility index (Phi) is 5.16. The van der Waals surface area contributed by atoms with E-state index >= 15 is 0 Å². The number of likely N-dealkylation sites (tertiary alicyclic amines) is 1. The summed E-state index contributed by atoms with van der Waals surface area (Å²) in [5.41, 5.74) is 0.732. The zero-order valence-corrected chi connectivity index (χ0v) is 12.9. The molecule has 0 radical (unpaired) electrons. The smallest absolute Gasteiger partial charge is 0.321 e. The molecular formula is C17H24N2O3. The van der Waals surface area contributed by atoms with Gasteiger partial charge in [-0.25, -0.2) is 4.79 Å². The van der Waals surface area contributed by atoms with Gasteiger partial charge in [0.1, 0.15) is 12.4 Å². The van der Waals surface area contributed by atoms with E-state index in [1.807, 2.05) is 29.2 Å². The number of para-hydroxylation sites is 2. The Bertz CT molecular complexity index is 494. The van der Waals surface area contributed by atoms with E-state index in [1.54, 1.807) is 0 Å². The lowest BCUT2D eigenvalue weighted by molar-refractivity contribution is -0.0109. The molecule has 5 nitrogen and oxygen atoms in total. The molecule has 5 heteroatoms. The fraction of sp³-hybridized carbons (Fsp3) is 0.588. The van der Waals surface area contributed by atoms with Gasteiger partial charge in [-0.05, 0) is 44.2 Å². The number of urea groups is 1. The highest BCUT2D eigenvalue weighted by Gasteiger charge is 2.19. The molecule has 2 aliphatic heterocycles. The van der Waals surface area contributed by atoms with Crippen LogP contribution < -0.4 is 10.1 Å². The lowest BCUT2D eigenvalue weighted by Crippen LogP contribution is -2.32. The maximum absolute atomic E-state index is 12.2. The summed E-state index contributed by atoms with van der Waals surface area (Å²) in [5, 5.41) is 2.96. The van der Waals surface area contributed by atoms with Crippen molar-refractivity contribution >= 4 is 11.7 Å². The Hall–Kier alpha value is -1.75. The fourth-order valence-electron chi connectivity index (χ4n) is 2.93. The third-order valence-corrected chi connectivity index (χ3v) is 4.22. The van der Waals surface area contributed by atoms with Gasteiger partial charge >= 0.3 is 6.03 Å². The Morgan fingerprint density at radius 1 is 1.23 bits per heavy atom. The van der Waals surface area contributed by atoms with E-state index in [0.29, 0.717) is 12.4 Å². The summed E-state index contributed by atoms with van der Waals surface area (Å²) in [4.78, 5) is 14.1. The van der Waals surface area contributed by atoms with E-state index in [1.165, 1.54) is 6.42 Å². The summed E-state index contributed by atoms with van der Waals surface area (Å²) >= 11 is 0. The number of carbonyl (C=O) groups is 1. The van der Waals surface area contributed by atoms with Crippen molar-refractivity contribution in [2.24, 2.45) is 0 Å². The lowest BCUT2D eigenvalue weighted by atomic mass is 10.1. The zero-order valence-electron chi connectivity index (χ0n) is 12.9. The van der Waals surface area contributed by atoms with Crippen LogP contribution in [0, 0.1) is 0 Å². The maximum Gasteiger partial charge on any atom is 0.321 e. The molecule has 22 heavy (non-hydrogen) atoms. The second kappa shape index (κ2) is 7.49. The number of carbonyl (C=O) groups excluding carboxylic acids is 1. The van der Waals surface area contributed by atoms with Crippen LogP contribution >= 0.6 is 0 Å². The number of anilines is 1. The summed E-state index contributed by atoms with van der Waals surface area (Å²) in [6, 6.07) is 7.56. The third kappa shape index (κ3) is 3.91. The van der Waals surface area contributed by atoms with E-state index in [2.05, 4.69) is 5.32 Å². The fourth-order valence-corrected chi connectivity index (χ4v) is 2.93. The van der Waals surface area contributed by atoms with Crippen LogP contribution in [0.15, 0.2) is 24.3 Å². The van der Waals surface area contributed by atoms with Gasteiger partial charge in [-0.2, -0.15) is 0 Å². The largest absolute Gasteiger partial charge is 0.489 e. The maximum atomic E-state index is 12.2. The number of amides is 2. The number of ether oxygens (including phenoxy) is 2. The summed E-state index contributed by atoms with van der Waals surface area (Å²) in [6.07, 6.45) is 5.72. The molecule has 2 aliphatic rings. The third-order valence-electron chi connectivity index (χ3n) is 4.22. The van der Waals surface area contributed by atoms with Crippen LogP contribution in [0.25, 0.3) is 0 Å². The number of nitrogens with zero attached hydrogens (tertiary/aromatic N) is 1. The van der Waals surface area contributed by atoms with Crippen LogP contribution in [0.5, 0.6) is 5.75 Å². The Morgan fingerprint density at radius 2 is 2.05 bits per heavy atom. The van der Waals surface area contributed by atoms with Crippen molar-refractivity contribution in [1.82, 2.24) is 4.90 Å². The number of nitrogens with one attached hydrogen (secondary N) is 1. The molecule has 0 spiro atoms. The van der Waals surface area contributed by atoms with Gasteiger partial charge in [0.25, 0.3) is 0 Å². The van der Waals surface area contributed by atoms with E-state index < -0.39 is 0 Å². The molecule has 2 heterocycles. The molecule has 0 aromatic heterocycles. The van der Waals surface area contributed by atoms with Gasteiger partial charge in [-0.1, -0.05) is 12.1 Å². The highest BCUT2D eigenvalue weighted by atomic mass is 16.5. The topological polar surface area (TPSA) is 50.8 Å². The van der Waals surface area contributed by atoms with Crippen LogP contribution in [-0.2, 0) is 4.74 Å². The van der Waals surface area contributed by atoms with Crippen LogP contribution in [0.3, 0.4) is 0 Å². The molecule has 1 aromatic rings. The molecule has 0 saturated carbocycles. The first kappa shape index (κ1) is 15.2. The molecule has 0 bridgehead atoms. The van der Waals surface area contributed by atoms with E-state index in [0.717, 1.165) is 51.1 Å². The molecule has 1 aromatic carbocycles. The van der Waals surface area contributed by atoms with E-state index in [4.69, 9.17) is 9.47 Å². The van der Waals surface area contributed by atoms with Crippen molar-refractivity contribution in [2.45, 2.75) is 38.2 Å². The van der Waals surface area contributed by atoms with Gasteiger partial charge in [0.2, 0.25) is 0 Å². The summed E-state index contributed by atoms with van der Waals surface area (Å²) < 4.78 is 11.6. The van der Waals surface area contributed by atoms with Crippen molar-refractivity contribution in [2.75, 3.05) is 31.6 Å². The zero-order chi connectivity index (χ0) is 15.2. The SMILES string of the molecule is O=C(Nc1ccccc1OCC1CCCCO1)N1CCCC1. The van der Waals surface area contributed by atoms with Crippen molar-refractivity contribution in [3.8, 4) is 5.75 Å². The first-order valence-corrected chi connectivity index (χ1v) is 8.22.